The van der Waals surface area contributed by atoms with Crippen LogP contribution in [0.15, 0.2) is 34.7 Å². The number of benzene rings is 1. The Balaban J connectivity index is 2.37. The zero-order chi connectivity index (χ0) is 15.6. The van der Waals surface area contributed by atoms with Crippen molar-refractivity contribution in [3.63, 3.8) is 0 Å². The Morgan fingerprint density at radius 2 is 2.05 bits per heavy atom. The van der Waals surface area contributed by atoms with Crippen molar-refractivity contribution >= 4 is 33.0 Å². The van der Waals surface area contributed by atoms with E-state index in [4.69, 9.17) is 16.3 Å². The van der Waals surface area contributed by atoms with Crippen LogP contribution in [0.25, 0.3) is 0 Å². The topological polar surface area (TPSA) is 59.5 Å². The van der Waals surface area contributed by atoms with Gasteiger partial charge < -0.3 is 4.74 Å². The Labute approximate surface area is 133 Å². The number of aromatic nitrogens is 1. The molecule has 114 valence electrons. The van der Waals surface area contributed by atoms with Crippen molar-refractivity contribution in [1.29, 1.82) is 0 Å². The first-order valence-electron chi connectivity index (χ1n) is 6.10. The van der Waals surface area contributed by atoms with E-state index in [1.807, 2.05) is 18.2 Å². The van der Waals surface area contributed by atoms with E-state index >= 15 is 0 Å². The zero-order valence-corrected chi connectivity index (χ0v) is 14.2. The average molecular weight is 347 g/mol. The second-order valence-corrected chi connectivity index (χ2v) is 8.21. The van der Waals surface area contributed by atoms with Crippen LogP contribution in [0.5, 0.6) is 5.75 Å². The standard InChI is InChI=1S/C13H15ClN2O3S2/c1-9(10-6-4-5-7-11(10)19-3)16(2)21(17,18)12-8-15-13(14)20-12/h4-9H,1-3H3. The Morgan fingerprint density at radius 3 is 2.62 bits per heavy atom. The maximum absolute atomic E-state index is 12.6. The maximum atomic E-state index is 12.6. The summed E-state index contributed by atoms with van der Waals surface area (Å²) in [5.41, 5.74) is 0.793. The summed E-state index contributed by atoms with van der Waals surface area (Å²) in [4.78, 5) is 3.78. The van der Waals surface area contributed by atoms with Crippen LogP contribution in [-0.2, 0) is 10.0 Å². The van der Waals surface area contributed by atoms with Gasteiger partial charge in [-0.05, 0) is 13.0 Å². The molecule has 0 radical (unpaired) electrons. The van der Waals surface area contributed by atoms with Gasteiger partial charge in [-0.2, -0.15) is 4.31 Å². The zero-order valence-electron chi connectivity index (χ0n) is 11.8. The van der Waals surface area contributed by atoms with E-state index in [1.54, 1.807) is 20.1 Å². The van der Waals surface area contributed by atoms with Crippen molar-refractivity contribution in [2.45, 2.75) is 17.2 Å². The van der Waals surface area contributed by atoms with Gasteiger partial charge in [0, 0.05) is 12.6 Å². The van der Waals surface area contributed by atoms with E-state index in [-0.39, 0.29) is 14.7 Å². The molecule has 0 aliphatic carbocycles. The molecule has 8 heteroatoms. The van der Waals surface area contributed by atoms with Gasteiger partial charge >= 0.3 is 0 Å². The molecular formula is C13H15ClN2O3S2. The summed E-state index contributed by atoms with van der Waals surface area (Å²) in [6, 6.07) is 6.95. The number of rotatable bonds is 5. The van der Waals surface area contributed by atoms with E-state index in [0.717, 1.165) is 16.9 Å². The third-order valence-corrected chi connectivity index (χ3v) is 6.70. The third-order valence-electron chi connectivity index (χ3n) is 3.22. The normalized spacial score (nSPS) is 13.4. The van der Waals surface area contributed by atoms with Crippen molar-refractivity contribution in [2.24, 2.45) is 0 Å². The fraction of sp³-hybridized carbons (Fsp3) is 0.308. The van der Waals surface area contributed by atoms with Gasteiger partial charge in [0.05, 0.1) is 19.3 Å². The summed E-state index contributed by atoms with van der Waals surface area (Å²) in [5.74, 6) is 0.648. The smallest absolute Gasteiger partial charge is 0.254 e. The first kappa shape index (κ1) is 16.2. The largest absolute Gasteiger partial charge is 0.496 e. The molecule has 0 bridgehead atoms. The Bertz CT molecular complexity index is 731. The highest BCUT2D eigenvalue weighted by Gasteiger charge is 2.29. The van der Waals surface area contributed by atoms with Gasteiger partial charge in [0.25, 0.3) is 10.0 Å². The molecule has 0 aliphatic heterocycles. The summed E-state index contributed by atoms with van der Waals surface area (Å²) >= 11 is 6.66. The van der Waals surface area contributed by atoms with Crippen molar-refractivity contribution < 1.29 is 13.2 Å². The van der Waals surface area contributed by atoms with E-state index in [1.165, 1.54) is 17.5 Å². The van der Waals surface area contributed by atoms with Crippen LogP contribution in [0.3, 0.4) is 0 Å². The number of halogens is 1. The van der Waals surface area contributed by atoms with Crippen LogP contribution in [0, 0.1) is 0 Å². The first-order chi connectivity index (χ1) is 9.87. The molecule has 2 rings (SSSR count). The van der Waals surface area contributed by atoms with Crippen LogP contribution < -0.4 is 4.74 Å². The van der Waals surface area contributed by atoms with Gasteiger partial charge in [-0.25, -0.2) is 13.4 Å². The Kier molecular flexibility index (Phi) is 4.88. The quantitative estimate of drug-likeness (QED) is 0.834. The molecule has 5 nitrogen and oxygen atoms in total. The van der Waals surface area contributed by atoms with Gasteiger partial charge in [-0.15, -0.1) is 0 Å². The van der Waals surface area contributed by atoms with Gasteiger partial charge in [-0.3, -0.25) is 0 Å². The van der Waals surface area contributed by atoms with Crippen molar-refractivity contribution in [2.75, 3.05) is 14.2 Å². The summed E-state index contributed by atoms with van der Waals surface area (Å²) < 4.78 is 32.0. The molecule has 0 saturated carbocycles. The lowest BCUT2D eigenvalue weighted by atomic mass is 10.1. The second-order valence-electron chi connectivity index (χ2n) is 4.37. The molecule has 21 heavy (non-hydrogen) atoms. The van der Waals surface area contributed by atoms with E-state index in [9.17, 15) is 8.42 Å². The predicted molar refractivity (Wildman–Crippen MR) is 83.5 cm³/mol. The van der Waals surface area contributed by atoms with Gasteiger partial charge in [-0.1, -0.05) is 41.1 Å². The monoisotopic (exact) mass is 346 g/mol. The molecule has 0 spiro atoms. The fourth-order valence-corrected chi connectivity index (χ4v) is 4.74. The highest BCUT2D eigenvalue weighted by molar-refractivity contribution is 7.91. The highest BCUT2D eigenvalue weighted by Crippen LogP contribution is 2.33. The molecule has 2 aromatic rings. The van der Waals surface area contributed by atoms with Crippen LogP contribution in [0.4, 0.5) is 0 Å². The lowest BCUT2D eigenvalue weighted by Crippen LogP contribution is -2.29. The van der Waals surface area contributed by atoms with Crippen molar-refractivity contribution in [3.05, 3.63) is 40.5 Å². The minimum atomic E-state index is -3.64. The molecule has 1 aromatic carbocycles. The van der Waals surface area contributed by atoms with Crippen LogP contribution in [0.2, 0.25) is 4.47 Å². The maximum Gasteiger partial charge on any atom is 0.254 e. The Morgan fingerprint density at radius 1 is 1.38 bits per heavy atom. The number of thiazole rings is 1. The average Bonchev–Trinajstić information content (AvgIpc) is 2.93. The van der Waals surface area contributed by atoms with Gasteiger partial charge in [0.1, 0.15) is 5.75 Å². The third kappa shape index (κ3) is 3.21. The van der Waals surface area contributed by atoms with Gasteiger partial charge in [0.2, 0.25) is 0 Å². The summed E-state index contributed by atoms with van der Waals surface area (Å²) in [6.45, 7) is 1.80. The molecule has 1 aromatic heterocycles. The molecule has 1 atom stereocenters. The van der Waals surface area contributed by atoms with Crippen LogP contribution in [-0.4, -0.2) is 31.9 Å². The van der Waals surface area contributed by atoms with Gasteiger partial charge in [0.15, 0.2) is 8.68 Å². The molecule has 0 N–H and O–H groups in total. The second kappa shape index (κ2) is 6.31. The molecule has 0 fully saturated rings. The number of para-hydroxylation sites is 1. The number of methoxy groups -OCH3 is 1. The summed E-state index contributed by atoms with van der Waals surface area (Å²) in [6.07, 6.45) is 1.27. The van der Waals surface area contributed by atoms with Crippen LogP contribution >= 0.6 is 22.9 Å². The highest BCUT2D eigenvalue weighted by atomic mass is 35.5. The number of hydrogen-bond acceptors (Lipinski definition) is 5. The number of nitrogens with zero attached hydrogens (tertiary/aromatic N) is 2. The van der Waals surface area contributed by atoms with Crippen molar-refractivity contribution in [1.82, 2.24) is 9.29 Å². The number of sulfonamides is 1. The lowest BCUT2D eigenvalue weighted by molar-refractivity contribution is 0.367. The minimum Gasteiger partial charge on any atom is -0.496 e. The van der Waals surface area contributed by atoms with Crippen LogP contribution in [0.1, 0.15) is 18.5 Å². The SMILES string of the molecule is COc1ccccc1C(C)N(C)S(=O)(=O)c1cnc(Cl)s1. The molecule has 0 saturated heterocycles. The minimum absolute atomic E-state index is 0.122. The number of ether oxygens (including phenoxy) is 1. The first-order valence-corrected chi connectivity index (χ1v) is 8.73. The lowest BCUT2D eigenvalue weighted by Gasteiger charge is -2.25. The van der Waals surface area contributed by atoms with E-state index < -0.39 is 10.0 Å². The predicted octanol–water partition coefficient (Wildman–Crippen LogP) is 3.19. The number of hydrogen-bond donors (Lipinski definition) is 0. The molecule has 1 heterocycles. The molecule has 1 unspecified atom stereocenters. The summed E-state index contributed by atoms with van der Waals surface area (Å²) in [5, 5.41) is 0. The van der Waals surface area contributed by atoms with E-state index in [0.29, 0.717) is 5.75 Å². The van der Waals surface area contributed by atoms with E-state index in [2.05, 4.69) is 4.98 Å². The molecule has 0 amide bonds. The fourth-order valence-electron chi connectivity index (χ4n) is 1.92. The summed E-state index contributed by atoms with van der Waals surface area (Å²) in [7, 11) is -0.555. The molecule has 0 aliphatic rings. The Hall–Kier alpha value is -1.15. The van der Waals surface area contributed by atoms with Crippen molar-refractivity contribution in [3.8, 4) is 5.75 Å². The molecular weight excluding hydrogens is 332 g/mol.